The normalized spacial score (nSPS) is 12.7. The summed E-state index contributed by atoms with van der Waals surface area (Å²) in [5.74, 6) is 1.92. The Morgan fingerprint density at radius 1 is 1.05 bits per heavy atom. The van der Waals surface area contributed by atoms with Gasteiger partial charge in [-0.05, 0) is 30.7 Å². The molecule has 20 heavy (non-hydrogen) atoms. The van der Waals surface area contributed by atoms with Gasteiger partial charge in [-0.3, -0.25) is 0 Å². The van der Waals surface area contributed by atoms with Crippen LogP contribution in [0.25, 0.3) is 0 Å². The number of ether oxygens (including phenoxy) is 2. The molecule has 0 bridgehead atoms. The second kappa shape index (κ2) is 5.43. The van der Waals surface area contributed by atoms with Gasteiger partial charge in [0.2, 0.25) is 6.79 Å². The Kier molecular flexibility index (Phi) is 3.48. The van der Waals surface area contributed by atoms with Crippen molar-refractivity contribution >= 4 is 0 Å². The first-order valence-corrected chi connectivity index (χ1v) is 6.60. The van der Waals surface area contributed by atoms with Gasteiger partial charge >= 0.3 is 0 Å². The van der Waals surface area contributed by atoms with Gasteiger partial charge in [-0.2, -0.15) is 0 Å². The van der Waals surface area contributed by atoms with Gasteiger partial charge in [0.15, 0.2) is 11.5 Å². The Bertz CT molecular complexity index is 625. The molecule has 0 amide bonds. The minimum atomic E-state index is 0.295. The van der Waals surface area contributed by atoms with E-state index >= 15 is 0 Å². The minimum Gasteiger partial charge on any atom is -0.508 e. The van der Waals surface area contributed by atoms with E-state index in [-0.39, 0.29) is 0 Å². The van der Waals surface area contributed by atoms with Crippen LogP contribution in [0.1, 0.15) is 16.7 Å². The molecule has 1 heterocycles. The number of aromatic hydroxyl groups is 1. The summed E-state index contributed by atoms with van der Waals surface area (Å²) in [6, 6.07) is 11.5. The number of rotatable bonds is 4. The molecule has 0 aromatic heterocycles. The van der Waals surface area contributed by atoms with Gasteiger partial charge in [0, 0.05) is 18.7 Å². The molecule has 0 saturated carbocycles. The molecular formula is C16H17NO3. The SMILES string of the molecule is Cc1ccc(O)c(CNCc2ccc3c(c2)OCO3)c1. The fourth-order valence-corrected chi connectivity index (χ4v) is 2.25. The van der Waals surface area contributed by atoms with Crippen LogP contribution in [0.15, 0.2) is 36.4 Å². The highest BCUT2D eigenvalue weighted by Gasteiger charge is 2.12. The molecule has 0 radical (unpaired) electrons. The highest BCUT2D eigenvalue weighted by Crippen LogP contribution is 2.32. The number of phenolic OH excluding ortho intramolecular Hbond substituents is 1. The summed E-state index contributed by atoms with van der Waals surface area (Å²) in [7, 11) is 0. The Morgan fingerprint density at radius 2 is 1.90 bits per heavy atom. The molecule has 0 unspecified atom stereocenters. The van der Waals surface area contributed by atoms with Crippen LogP contribution in [0, 0.1) is 6.92 Å². The highest BCUT2D eigenvalue weighted by molar-refractivity contribution is 5.44. The number of nitrogens with one attached hydrogen (secondary N) is 1. The third kappa shape index (κ3) is 2.70. The first-order valence-electron chi connectivity index (χ1n) is 6.60. The van der Waals surface area contributed by atoms with E-state index in [1.54, 1.807) is 6.07 Å². The molecule has 104 valence electrons. The van der Waals surface area contributed by atoms with E-state index in [9.17, 15) is 5.11 Å². The molecule has 2 aromatic rings. The van der Waals surface area contributed by atoms with E-state index in [4.69, 9.17) is 9.47 Å². The number of phenols is 1. The maximum atomic E-state index is 9.78. The summed E-state index contributed by atoms with van der Waals surface area (Å²) in [6.07, 6.45) is 0. The predicted octanol–water partition coefficient (Wildman–Crippen LogP) is 2.72. The maximum Gasteiger partial charge on any atom is 0.231 e. The van der Waals surface area contributed by atoms with Crippen LogP contribution in [0.2, 0.25) is 0 Å². The van der Waals surface area contributed by atoms with Crippen molar-refractivity contribution < 1.29 is 14.6 Å². The zero-order chi connectivity index (χ0) is 13.9. The average molecular weight is 271 g/mol. The monoisotopic (exact) mass is 271 g/mol. The molecule has 4 nitrogen and oxygen atoms in total. The Morgan fingerprint density at radius 3 is 2.80 bits per heavy atom. The predicted molar refractivity (Wildman–Crippen MR) is 76.0 cm³/mol. The summed E-state index contributed by atoms with van der Waals surface area (Å²) in [5.41, 5.74) is 3.18. The molecule has 4 heteroatoms. The summed E-state index contributed by atoms with van der Waals surface area (Å²) in [5, 5.41) is 13.1. The number of hydrogen-bond acceptors (Lipinski definition) is 4. The smallest absolute Gasteiger partial charge is 0.231 e. The summed E-state index contributed by atoms with van der Waals surface area (Å²) >= 11 is 0. The van der Waals surface area contributed by atoms with E-state index in [2.05, 4.69) is 5.32 Å². The maximum absolute atomic E-state index is 9.78. The van der Waals surface area contributed by atoms with E-state index in [1.807, 2.05) is 37.3 Å². The lowest BCUT2D eigenvalue weighted by molar-refractivity contribution is 0.174. The molecule has 0 fully saturated rings. The summed E-state index contributed by atoms with van der Waals surface area (Å²) in [4.78, 5) is 0. The van der Waals surface area contributed by atoms with Crippen molar-refractivity contribution in [2.45, 2.75) is 20.0 Å². The van der Waals surface area contributed by atoms with E-state index in [1.165, 1.54) is 0 Å². The first-order chi connectivity index (χ1) is 9.72. The second-order valence-electron chi connectivity index (χ2n) is 4.92. The van der Waals surface area contributed by atoms with Crippen LogP contribution < -0.4 is 14.8 Å². The quantitative estimate of drug-likeness (QED) is 0.897. The molecule has 2 N–H and O–H groups in total. The van der Waals surface area contributed by atoms with Crippen LogP contribution in [0.5, 0.6) is 17.2 Å². The molecule has 1 aliphatic rings. The van der Waals surface area contributed by atoms with Crippen molar-refractivity contribution in [3.63, 3.8) is 0 Å². The van der Waals surface area contributed by atoms with Crippen LogP contribution >= 0.6 is 0 Å². The van der Waals surface area contributed by atoms with Crippen molar-refractivity contribution in [1.29, 1.82) is 0 Å². The van der Waals surface area contributed by atoms with Crippen molar-refractivity contribution in [2.24, 2.45) is 0 Å². The standard InChI is InChI=1S/C16H17NO3/c1-11-2-4-14(18)13(6-11)9-17-8-12-3-5-15-16(7-12)20-10-19-15/h2-7,17-18H,8-10H2,1H3. The Labute approximate surface area is 118 Å². The van der Waals surface area contributed by atoms with E-state index in [0.29, 0.717) is 25.6 Å². The van der Waals surface area contributed by atoms with E-state index < -0.39 is 0 Å². The van der Waals surface area contributed by atoms with Gasteiger partial charge in [0.05, 0.1) is 0 Å². The topological polar surface area (TPSA) is 50.7 Å². The fourth-order valence-electron chi connectivity index (χ4n) is 2.25. The molecule has 1 aliphatic heterocycles. The van der Waals surface area contributed by atoms with Crippen LogP contribution in [-0.2, 0) is 13.1 Å². The first kappa shape index (κ1) is 12.8. The number of hydrogen-bond donors (Lipinski definition) is 2. The van der Waals surface area contributed by atoms with Gasteiger partial charge < -0.3 is 19.9 Å². The third-order valence-electron chi connectivity index (χ3n) is 3.32. The van der Waals surface area contributed by atoms with Crippen LogP contribution in [0.4, 0.5) is 0 Å². The van der Waals surface area contributed by atoms with E-state index in [0.717, 1.165) is 28.2 Å². The van der Waals surface area contributed by atoms with Crippen molar-refractivity contribution in [2.75, 3.05) is 6.79 Å². The van der Waals surface area contributed by atoms with Crippen LogP contribution in [0.3, 0.4) is 0 Å². The molecule has 2 aromatic carbocycles. The number of benzene rings is 2. The summed E-state index contributed by atoms with van der Waals surface area (Å²) in [6.45, 7) is 3.65. The Balaban J connectivity index is 1.61. The largest absolute Gasteiger partial charge is 0.508 e. The lowest BCUT2D eigenvalue weighted by Gasteiger charge is -2.08. The van der Waals surface area contributed by atoms with Gasteiger partial charge in [0.25, 0.3) is 0 Å². The van der Waals surface area contributed by atoms with Crippen LogP contribution in [-0.4, -0.2) is 11.9 Å². The lowest BCUT2D eigenvalue weighted by Crippen LogP contribution is -2.12. The molecule has 0 spiro atoms. The fraction of sp³-hybridized carbons (Fsp3) is 0.250. The third-order valence-corrected chi connectivity index (χ3v) is 3.32. The molecule has 3 rings (SSSR count). The van der Waals surface area contributed by atoms with Crippen molar-refractivity contribution in [1.82, 2.24) is 5.32 Å². The Hall–Kier alpha value is -2.20. The molecule has 0 aliphatic carbocycles. The van der Waals surface area contributed by atoms with Gasteiger partial charge in [0.1, 0.15) is 5.75 Å². The minimum absolute atomic E-state index is 0.295. The van der Waals surface area contributed by atoms with Gasteiger partial charge in [-0.25, -0.2) is 0 Å². The lowest BCUT2D eigenvalue weighted by atomic mass is 10.1. The summed E-state index contributed by atoms with van der Waals surface area (Å²) < 4.78 is 10.6. The second-order valence-corrected chi connectivity index (χ2v) is 4.92. The van der Waals surface area contributed by atoms with Crippen molar-refractivity contribution in [3.8, 4) is 17.2 Å². The van der Waals surface area contributed by atoms with Gasteiger partial charge in [-0.15, -0.1) is 0 Å². The molecule has 0 atom stereocenters. The number of aryl methyl sites for hydroxylation is 1. The number of fused-ring (bicyclic) bond motifs is 1. The zero-order valence-electron chi connectivity index (χ0n) is 11.3. The molecular weight excluding hydrogens is 254 g/mol. The van der Waals surface area contributed by atoms with Crippen molar-refractivity contribution in [3.05, 3.63) is 53.1 Å². The van der Waals surface area contributed by atoms with Gasteiger partial charge in [-0.1, -0.05) is 23.8 Å². The highest BCUT2D eigenvalue weighted by atomic mass is 16.7. The average Bonchev–Trinajstić information content (AvgIpc) is 2.90. The molecule has 0 saturated heterocycles. The zero-order valence-corrected chi connectivity index (χ0v) is 11.3.